The monoisotopic (exact) mass is 535 g/mol. The van der Waals surface area contributed by atoms with E-state index in [-0.39, 0.29) is 11.0 Å². The van der Waals surface area contributed by atoms with E-state index >= 15 is 0 Å². The minimum absolute atomic E-state index is 0.183. The molecule has 0 unspecified atom stereocenters. The Balaban J connectivity index is 1.32. The molecule has 200 valence electrons. The number of hydrogen-bond acceptors (Lipinski definition) is 6. The number of imidazole rings is 2. The highest BCUT2D eigenvalue weighted by atomic mass is 19.4. The number of methoxy groups -OCH3 is 1. The van der Waals surface area contributed by atoms with E-state index in [0.717, 1.165) is 15.5 Å². The number of fused-ring (bicyclic) bond motifs is 2. The Hall–Kier alpha value is -4.45. The summed E-state index contributed by atoms with van der Waals surface area (Å²) in [6.45, 7) is 0.716. The fourth-order valence-electron chi connectivity index (χ4n) is 5.01. The van der Waals surface area contributed by atoms with Crippen LogP contribution in [0.1, 0.15) is 17.7 Å². The maximum absolute atomic E-state index is 13.8. The van der Waals surface area contributed by atoms with Gasteiger partial charge in [0.2, 0.25) is 17.6 Å². The Morgan fingerprint density at radius 3 is 2.67 bits per heavy atom. The molecule has 1 saturated heterocycles. The van der Waals surface area contributed by atoms with Crippen molar-refractivity contribution in [3.05, 3.63) is 72.4 Å². The van der Waals surface area contributed by atoms with Crippen molar-refractivity contribution >= 4 is 27.8 Å². The Morgan fingerprint density at radius 2 is 1.87 bits per heavy atom. The number of benzene rings is 2. The number of aromatic amines is 1. The molecule has 2 aromatic carbocycles. The average molecular weight is 536 g/mol. The molecule has 4 heterocycles. The number of pyridine rings is 1. The molecule has 5 aromatic rings. The van der Waals surface area contributed by atoms with Crippen LogP contribution in [0.3, 0.4) is 0 Å². The van der Waals surface area contributed by atoms with Crippen LogP contribution in [0.15, 0.2) is 60.8 Å². The largest absolute Gasteiger partial charge is 0.480 e. The molecule has 0 radical (unpaired) electrons. The SMILES string of the molecule is COc1nc2ccccc2cc1-c1cnc([C@@H]2CNCCN2C(=O)Cn2c(C(F)(F)F)nc3ccccc32)[nH]1. The first kappa shape index (κ1) is 24.9. The topological polar surface area (TPSA) is 101 Å². The van der Waals surface area contributed by atoms with Gasteiger partial charge in [-0.25, -0.2) is 15.0 Å². The molecule has 1 fully saturated rings. The number of para-hydroxylation sites is 3. The van der Waals surface area contributed by atoms with Gasteiger partial charge in [0.1, 0.15) is 18.4 Å². The number of piperazine rings is 1. The quantitative estimate of drug-likeness (QED) is 0.350. The number of nitrogens with one attached hydrogen (secondary N) is 2. The van der Waals surface area contributed by atoms with Crippen molar-refractivity contribution in [1.29, 1.82) is 0 Å². The van der Waals surface area contributed by atoms with Crippen LogP contribution in [0.2, 0.25) is 0 Å². The Kier molecular flexibility index (Phi) is 6.18. The van der Waals surface area contributed by atoms with Crippen LogP contribution in [0, 0.1) is 0 Å². The summed E-state index contributed by atoms with van der Waals surface area (Å²) in [5.41, 5.74) is 2.58. The molecule has 9 nitrogen and oxygen atoms in total. The second-order valence-electron chi connectivity index (χ2n) is 9.24. The van der Waals surface area contributed by atoms with Gasteiger partial charge in [-0.2, -0.15) is 13.2 Å². The third-order valence-electron chi connectivity index (χ3n) is 6.85. The molecular weight excluding hydrogens is 511 g/mol. The van der Waals surface area contributed by atoms with Gasteiger partial charge in [0.15, 0.2) is 0 Å². The summed E-state index contributed by atoms with van der Waals surface area (Å²) >= 11 is 0. The summed E-state index contributed by atoms with van der Waals surface area (Å²) in [4.78, 5) is 31.2. The molecule has 2 N–H and O–H groups in total. The van der Waals surface area contributed by atoms with Gasteiger partial charge in [-0.15, -0.1) is 0 Å². The summed E-state index contributed by atoms with van der Waals surface area (Å²) in [6.07, 6.45) is -3.06. The van der Waals surface area contributed by atoms with E-state index in [1.54, 1.807) is 30.3 Å². The Morgan fingerprint density at radius 1 is 1.10 bits per heavy atom. The molecule has 3 aromatic heterocycles. The van der Waals surface area contributed by atoms with Crippen molar-refractivity contribution < 1.29 is 22.7 Å². The minimum atomic E-state index is -4.70. The number of H-pyrrole nitrogens is 1. The standard InChI is InChI=1S/C27H24F3N7O2/c1-39-25-17(12-16-6-2-3-7-18(16)34-25)20-13-32-24(33-20)22-14-31-10-11-36(22)23(38)15-37-21-9-5-4-8-19(21)35-26(37)27(28,29)30/h2-9,12-13,22,31H,10-11,14-15H2,1H3,(H,32,33)/t22-/m0/s1. The number of carbonyl (C=O) groups is 1. The third-order valence-corrected chi connectivity index (χ3v) is 6.85. The molecule has 0 bridgehead atoms. The molecule has 1 aliphatic rings. The molecule has 1 atom stereocenters. The van der Waals surface area contributed by atoms with Gasteiger partial charge in [-0.3, -0.25) is 4.79 Å². The molecule has 1 amide bonds. The smallest absolute Gasteiger partial charge is 0.449 e. The van der Waals surface area contributed by atoms with Crippen LogP contribution in [0.5, 0.6) is 5.88 Å². The molecule has 0 spiro atoms. The summed E-state index contributed by atoms with van der Waals surface area (Å²) in [7, 11) is 1.54. The average Bonchev–Trinajstić information content (AvgIpc) is 3.58. The molecule has 1 aliphatic heterocycles. The zero-order valence-corrected chi connectivity index (χ0v) is 20.9. The van der Waals surface area contributed by atoms with E-state index in [1.807, 2.05) is 30.3 Å². The lowest BCUT2D eigenvalue weighted by molar-refractivity contribution is -0.148. The zero-order valence-electron chi connectivity index (χ0n) is 20.9. The van der Waals surface area contributed by atoms with E-state index in [0.29, 0.717) is 42.6 Å². The van der Waals surface area contributed by atoms with Crippen LogP contribution in [0.25, 0.3) is 33.2 Å². The van der Waals surface area contributed by atoms with E-state index in [2.05, 4.69) is 25.3 Å². The summed E-state index contributed by atoms with van der Waals surface area (Å²) in [6, 6.07) is 15.4. The van der Waals surface area contributed by atoms with Gasteiger partial charge in [-0.05, 0) is 24.3 Å². The molecule has 39 heavy (non-hydrogen) atoms. The second-order valence-corrected chi connectivity index (χ2v) is 9.24. The van der Waals surface area contributed by atoms with E-state index in [9.17, 15) is 18.0 Å². The van der Waals surface area contributed by atoms with E-state index < -0.39 is 30.5 Å². The maximum Gasteiger partial charge on any atom is 0.449 e. The van der Waals surface area contributed by atoms with Crippen LogP contribution in [0.4, 0.5) is 13.2 Å². The number of aromatic nitrogens is 5. The second kappa shape index (κ2) is 9.70. The van der Waals surface area contributed by atoms with Gasteiger partial charge >= 0.3 is 6.18 Å². The third kappa shape index (κ3) is 4.56. The summed E-state index contributed by atoms with van der Waals surface area (Å²) in [5, 5.41) is 4.17. The van der Waals surface area contributed by atoms with Crippen LogP contribution >= 0.6 is 0 Å². The van der Waals surface area contributed by atoms with E-state index in [1.165, 1.54) is 12.1 Å². The predicted molar refractivity (Wildman–Crippen MR) is 138 cm³/mol. The van der Waals surface area contributed by atoms with Crippen molar-refractivity contribution in [2.24, 2.45) is 0 Å². The van der Waals surface area contributed by atoms with Crippen molar-refractivity contribution in [2.75, 3.05) is 26.7 Å². The fraction of sp³-hybridized carbons (Fsp3) is 0.259. The van der Waals surface area contributed by atoms with Crippen molar-refractivity contribution in [3.8, 4) is 17.1 Å². The molecule has 6 rings (SSSR count). The number of carbonyl (C=O) groups excluding carboxylic acids is 1. The zero-order chi connectivity index (χ0) is 27.1. The van der Waals surface area contributed by atoms with Crippen molar-refractivity contribution in [1.82, 2.24) is 34.7 Å². The van der Waals surface area contributed by atoms with Crippen LogP contribution in [-0.4, -0.2) is 62.1 Å². The number of alkyl halides is 3. The number of hydrogen-bond donors (Lipinski definition) is 2. The number of halogens is 3. The normalized spacial score (nSPS) is 16.2. The highest BCUT2D eigenvalue weighted by molar-refractivity contribution is 5.85. The maximum atomic E-state index is 13.8. The highest BCUT2D eigenvalue weighted by Crippen LogP contribution is 2.34. The Bertz CT molecular complexity index is 1680. The first-order chi connectivity index (χ1) is 18.8. The minimum Gasteiger partial charge on any atom is -0.480 e. The number of ether oxygens (including phenoxy) is 1. The number of amides is 1. The van der Waals surface area contributed by atoms with Crippen LogP contribution in [-0.2, 0) is 17.5 Å². The Labute approximate surface area is 220 Å². The fourth-order valence-corrected chi connectivity index (χ4v) is 5.01. The van der Waals surface area contributed by atoms with Gasteiger partial charge in [0.25, 0.3) is 0 Å². The first-order valence-electron chi connectivity index (χ1n) is 12.3. The van der Waals surface area contributed by atoms with Crippen molar-refractivity contribution in [3.63, 3.8) is 0 Å². The lowest BCUT2D eigenvalue weighted by Gasteiger charge is -2.35. The summed E-state index contributed by atoms with van der Waals surface area (Å²) < 4.78 is 47.8. The molecule has 12 heteroatoms. The lowest BCUT2D eigenvalue weighted by atomic mass is 10.1. The molecule has 0 saturated carbocycles. The van der Waals surface area contributed by atoms with Gasteiger partial charge in [-0.1, -0.05) is 30.3 Å². The lowest BCUT2D eigenvalue weighted by Crippen LogP contribution is -2.50. The summed E-state index contributed by atoms with van der Waals surface area (Å²) in [5.74, 6) is -0.629. The van der Waals surface area contributed by atoms with E-state index in [4.69, 9.17) is 4.74 Å². The van der Waals surface area contributed by atoms with Gasteiger partial charge in [0, 0.05) is 25.0 Å². The van der Waals surface area contributed by atoms with Crippen molar-refractivity contribution in [2.45, 2.75) is 18.8 Å². The first-order valence-corrected chi connectivity index (χ1v) is 12.3. The predicted octanol–water partition coefficient (Wildman–Crippen LogP) is 4.18. The number of rotatable bonds is 5. The highest BCUT2D eigenvalue weighted by Gasteiger charge is 2.39. The molecule has 0 aliphatic carbocycles. The molecular formula is C27H24F3N7O2. The number of nitrogens with zero attached hydrogens (tertiary/aromatic N) is 5. The van der Waals surface area contributed by atoms with Gasteiger partial charge in [0.05, 0.1) is 41.1 Å². The van der Waals surface area contributed by atoms with Crippen LogP contribution < -0.4 is 10.1 Å². The van der Waals surface area contributed by atoms with Gasteiger partial charge < -0.3 is 24.5 Å².